The minimum Gasteiger partial charge on any atom is -0.398 e. The van der Waals surface area contributed by atoms with Crippen LogP contribution in [0.5, 0.6) is 0 Å². The van der Waals surface area contributed by atoms with Crippen LogP contribution in [0.1, 0.15) is 21.5 Å². The predicted molar refractivity (Wildman–Crippen MR) is 78.2 cm³/mol. The van der Waals surface area contributed by atoms with Gasteiger partial charge in [-0.25, -0.2) is 0 Å². The van der Waals surface area contributed by atoms with Gasteiger partial charge in [0, 0.05) is 12.1 Å². The van der Waals surface area contributed by atoms with Crippen LogP contribution in [-0.4, -0.2) is 5.91 Å². The first kappa shape index (κ1) is 13.9. The molecule has 0 spiro atoms. The van der Waals surface area contributed by atoms with Crippen molar-refractivity contribution < 1.29 is 4.79 Å². The summed E-state index contributed by atoms with van der Waals surface area (Å²) in [6.45, 7) is 0.382. The average Bonchev–Trinajstić information content (AvgIpc) is 2.48. The number of carbonyl (C=O) groups excluding carboxylic acids is 1. The van der Waals surface area contributed by atoms with Crippen LogP contribution in [0.25, 0.3) is 0 Å². The fourth-order valence-corrected chi connectivity index (χ4v) is 1.78. The number of anilines is 1. The lowest BCUT2D eigenvalue weighted by Gasteiger charge is -2.07. The Kier molecular flexibility index (Phi) is 4.24. The Bertz CT molecular complexity index is 675. The van der Waals surface area contributed by atoms with Gasteiger partial charge in [-0.15, -0.1) is 0 Å². The fraction of sp³-hybridized carbons (Fsp3) is 0.0667. The lowest BCUT2D eigenvalue weighted by atomic mass is 10.1. The highest BCUT2D eigenvalue weighted by molar-refractivity contribution is 6.33. The maximum Gasteiger partial charge on any atom is 0.251 e. The zero-order valence-electron chi connectivity index (χ0n) is 10.6. The van der Waals surface area contributed by atoms with Gasteiger partial charge in [-0.05, 0) is 35.9 Å². The van der Waals surface area contributed by atoms with Gasteiger partial charge in [-0.1, -0.05) is 23.7 Å². The molecule has 2 aromatic rings. The van der Waals surface area contributed by atoms with Crippen molar-refractivity contribution in [1.82, 2.24) is 5.32 Å². The van der Waals surface area contributed by atoms with Crippen LogP contribution >= 0.6 is 11.6 Å². The van der Waals surface area contributed by atoms with Crippen LogP contribution in [0, 0.1) is 11.3 Å². The van der Waals surface area contributed by atoms with E-state index >= 15 is 0 Å². The highest BCUT2D eigenvalue weighted by Crippen LogP contribution is 2.19. The number of benzene rings is 2. The van der Waals surface area contributed by atoms with Crippen LogP contribution in [0.15, 0.2) is 42.5 Å². The van der Waals surface area contributed by atoms with E-state index < -0.39 is 0 Å². The van der Waals surface area contributed by atoms with E-state index in [1.807, 2.05) is 6.07 Å². The van der Waals surface area contributed by atoms with Crippen molar-refractivity contribution in [3.63, 3.8) is 0 Å². The second kappa shape index (κ2) is 6.09. The van der Waals surface area contributed by atoms with Gasteiger partial charge in [0.25, 0.3) is 5.91 Å². The van der Waals surface area contributed by atoms with E-state index in [2.05, 4.69) is 5.32 Å². The Morgan fingerprint density at radius 2 is 1.95 bits per heavy atom. The molecule has 0 aliphatic carbocycles. The van der Waals surface area contributed by atoms with E-state index in [-0.39, 0.29) is 5.91 Å². The van der Waals surface area contributed by atoms with E-state index in [0.717, 1.165) is 5.56 Å². The molecule has 1 amide bonds. The van der Waals surface area contributed by atoms with E-state index in [1.54, 1.807) is 36.4 Å². The standard InChI is InChI=1S/C15H12ClN3O/c16-13-6-5-12(7-14(13)18)15(20)19-9-11-3-1-10(8-17)2-4-11/h1-7H,9,18H2,(H,19,20). The number of hydrogen-bond acceptors (Lipinski definition) is 3. The maximum atomic E-state index is 11.9. The van der Waals surface area contributed by atoms with Gasteiger partial charge in [0.05, 0.1) is 22.3 Å². The lowest BCUT2D eigenvalue weighted by molar-refractivity contribution is 0.0951. The molecule has 3 N–H and O–H groups in total. The van der Waals surface area contributed by atoms with Gasteiger partial charge in [-0.3, -0.25) is 4.79 Å². The Hall–Kier alpha value is -2.51. The number of halogens is 1. The normalized spacial score (nSPS) is 9.80. The summed E-state index contributed by atoms with van der Waals surface area (Å²) in [6, 6.07) is 13.8. The van der Waals surface area contributed by atoms with Crippen LogP contribution in [-0.2, 0) is 6.54 Å². The van der Waals surface area contributed by atoms with Gasteiger partial charge in [0.15, 0.2) is 0 Å². The van der Waals surface area contributed by atoms with Crippen molar-refractivity contribution in [3.8, 4) is 6.07 Å². The fourth-order valence-electron chi connectivity index (χ4n) is 1.67. The number of nitrogen functional groups attached to an aromatic ring is 1. The smallest absolute Gasteiger partial charge is 0.251 e. The van der Waals surface area contributed by atoms with Crippen molar-refractivity contribution in [1.29, 1.82) is 5.26 Å². The summed E-state index contributed by atoms with van der Waals surface area (Å²) >= 11 is 5.80. The summed E-state index contributed by atoms with van der Waals surface area (Å²) in [6.07, 6.45) is 0. The second-order valence-electron chi connectivity index (χ2n) is 4.23. The molecule has 0 aliphatic heterocycles. The lowest BCUT2D eigenvalue weighted by Crippen LogP contribution is -2.22. The number of nitriles is 1. The highest BCUT2D eigenvalue weighted by Gasteiger charge is 2.07. The summed E-state index contributed by atoms with van der Waals surface area (Å²) in [7, 11) is 0. The minimum absolute atomic E-state index is 0.224. The summed E-state index contributed by atoms with van der Waals surface area (Å²) in [5.41, 5.74) is 7.99. The molecule has 0 aromatic heterocycles. The van der Waals surface area contributed by atoms with E-state index in [0.29, 0.717) is 28.4 Å². The average molecular weight is 286 g/mol. The number of amides is 1. The summed E-state index contributed by atoms with van der Waals surface area (Å²) in [5, 5.41) is 11.9. The first-order valence-corrected chi connectivity index (χ1v) is 6.30. The molecular formula is C15H12ClN3O. The molecule has 100 valence electrons. The minimum atomic E-state index is -0.224. The molecular weight excluding hydrogens is 274 g/mol. The van der Waals surface area contributed by atoms with Crippen molar-refractivity contribution >= 4 is 23.2 Å². The summed E-state index contributed by atoms with van der Waals surface area (Å²) < 4.78 is 0. The summed E-state index contributed by atoms with van der Waals surface area (Å²) in [5.74, 6) is -0.224. The van der Waals surface area contributed by atoms with Crippen molar-refractivity contribution in [2.24, 2.45) is 0 Å². The molecule has 0 saturated heterocycles. The van der Waals surface area contributed by atoms with Crippen LogP contribution in [0.2, 0.25) is 5.02 Å². The van der Waals surface area contributed by atoms with Gasteiger partial charge < -0.3 is 11.1 Å². The van der Waals surface area contributed by atoms with Crippen molar-refractivity contribution in [2.45, 2.75) is 6.54 Å². The van der Waals surface area contributed by atoms with Crippen LogP contribution < -0.4 is 11.1 Å². The van der Waals surface area contributed by atoms with Crippen molar-refractivity contribution in [2.75, 3.05) is 5.73 Å². The Labute approximate surface area is 121 Å². The third-order valence-electron chi connectivity index (χ3n) is 2.79. The van der Waals surface area contributed by atoms with Gasteiger partial charge in [0.2, 0.25) is 0 Å². The number of rotatable bonds is 3. The number of nitrogens with two attached hydrogens (primary N) is 1. The number of hydrogen-bond donors (Lipinski definition) is 2. The van der Waals surface area contributed by atoms with E-state index in [4.69, 9.17) is 22.6 Å². The zero-order valence-corrected chi connectivity index (χ0v) is 11.3. The third-order valence-corrected chi connectivity index (χ3v) is 3.14. The SMILES string of the molecule is N#Cc1ccc(CNC(=O)c2ccc(Cl)c(N)c2)cc1. The molecule has 0 atom stereocenters. The van der Waals surface area contributed by atoms with E-state index in [1.165, 1.54) is 6.07 Å². The first-order chi connectivity index (χ1) is 9.60. The highest BCUT2D eigenvalue weighted by atomic mass is 35.5. The van der Waals surface area contributed by atoms with Gasteiger partial charge >= 0.3 is 0 Å². The Morgan fingerprint density at radius 1 is 1.25 bits per heavy atom. The largest absolute Gasteiger partial charge is 0.398 e. The number of nitrogens with one attached hydrogen (secondary N) is 1. The maximum absolute atomic E-state index is 11.9. The van der Waals surface area contributed by atoms with Crippen LogP contribution in [0.4, 0.5) is 5.69 Å². The topological polar surface area (TPSA) is 78.9 Å². The van der Waals surface area contributed by atoms with Gasteiger partial charge in [-0.2, -0.15) is 5.26 Å². The molecule has 0 aliphatic rings. The molecule has 0 heterocycles. The molecule has 2 rings (SSSR count). The number of carbonyl (C=O) groups is 1. The zero-order chi connectivity index (χ0) is 14.5. The van der Waals surface area contributed by atoms with Gasteiger partial charge in [0.1, 0.15) is 0 Å². The molecule has 5 heteroatoms. The molecule has 4 nitrogen and oxygen atoms in total. The third kappa shape index (κ3) is 3.28. The quantitative estimate of drug-likeness (QED) is 0.851. The molecule has 0 unspecified atom stereocenters. The Morgan fingerprint density at radius 3 is 2.55 bits per heavy atom. The molecule has 2 aromatic carbocycles. The number of nitrogens with zero attached hydrogens (tertiary/aromatic N) is 1. The molecule has 0 fully saturated rings. The predicted octanol–water partition coefficient (Wildman–Crippen LogP) is 2.72. The molecule has 0 bridgehead atoms. The monoisotopic (exact) mass is 285 g/mol. The second-order valence-corrected chi connectivity index (χ2v) is 4.63. The molecule has 20 heavy (non-hydrogen) atoms. The first-order valence-electron chi connectivity index (χ1n) is 5.92. The molecule has 0 radical (unpaired) electrons. The van der Waals surface area contributed by atoms with E-state index in [9.17, 15) is 4.79 Å². The van der Waals surface area contributed by atoms with Crippen LogP contribution in [0.3, 0.4) is 0 Å². The van der Waals surface area contributed by atoms with Crippen molar-refractivity contribution in [3.05, 3.63) is 64.2 Å². The Balaban J connectivity index is 2.01. The molecule has 0 saturated carbocycles. The summed E-state index contributed by atoms with van der Waals surface area (Å²) in [4.78, 5) is 11.9.